The summed E-state index contributed by atoms with van der Waals surface area (Å²) in [6.07, 6.45) is 0. The summed E-state index contributed by atoms with van der Waals surface area (Å²) in [6.45, 7) is 0. The summed E-state index contributed by atoms with van der Waals surface area (Å²) < 4.78 is 9.96. The van der Waals surface area contributed by atoms with Gasteiger partial charge in [0.05, 0.1) is 31.2 Å². The normalized spacial score (nSPS) is 10.4. The Morgan fingerprint density at radius 3 is 2.62 bits per heavy atom. The molecule has 0 unspecified atom stereocenters. The minimum absolute atomic E-state index is 0.199. The highest BCUT2D eigenvalue weighted by atomic mass is 16.5. The topological polar surface area (TPSA) is 104 Å². The molecule has 0 radical (unpaired) electrons. The van der Waals surface area contributed by atoms with Gasteiger partial charge in [0.1, 0.15) is 17.0 Å². The fourth-order valence-electron chi connectivity index (χ4n) is 2.51. The second kappa shape index (κ2) is 7.10. The van der Waals surface area contributed by atoms with Crippen molar-refractivity contribution in [2.45, 2.75) is 0 Å². The first-order chi connectivity index (χ1) is 12.5. The lowest BCUT2D eigenvalue weighted by Gasteiger charge is -2.10. The van der Waals surface area contributed by atoms with Gasteiger partial charge in [-0.15, -0.1) is 0 Å². The van der Waals surface area contributed by atoms with Crippen molar-refractivity contribution in [2.24, 2.45) is 0 Å². The smallest absolute Gasteiger partial charge is 0.337 e. The number of benzene rings is 2. The Morgan fingerprint density at radius 2 is 1.88 bits per heavy atom. The lowest BCUT2D eigenvalue weighted by molar-refractivity contribution is 0.0600. The van der Waals surface area contributed by atoms with Crippen molar-refractivity contribution in [3.8, 4) is 5.75 Å². The molecule has 0 aliphatic rings. The Labute approximate surface area is 149 Å². The summed E-state index contributed by atoms with van der Waals surface area (Å²) in [4.78, 5) is 28.6. The fourth-order valence-corrected chi connectivity index (χ4v) is 2.51. The summed E-state index contributed by atoms with van der Waals surface area (Å²) >= 11 is 0. The summed E-state index contributed by atoms with van der Waals surface area (Å²) in [5.74, 6) is -0.398. The molecule has 0 fully saturated rings. The van der Waals surface area contributed by atoms with Crippen LogP contribution in [0.15, 0.2) is 48.5 Å². The number of fused-ring (bicyclic) bond motifs is 1. The number of aromatic nitrogens is 1. The number of nitrogens with one attached hydrogen (secondary N) is 1. The molecule has 0 bridgehead atoms. The van der Waals surface area contributed by atoms with Crippen LogP contribution in [0, 0.1) is 0 Å². The molecule has 1 heterocycles. The Hall–Kier alpha value is -3.61. The number of carbonyl (C=O) groups is 2. The molecular weight excluding hydrogens is 334 g/mol. The van der Waals surface area contributed by atoms with Gasteiger partial charge in [0.2, 0.25) is 0 Å². The average molecular weight is 351 g/mol. The number of nitrogen functional groups attached to an aromatic ring is 1. The van der Waals surface area contributed by atoms with E-state index in [9.17, 15) is 9.59 Å². The van der Waals surface area contributed by atoms with E-state index in [0.29, 0.717) is 22.6 Å². The third kappa shape index (κ3) is 3.27. The zero-order chi connectivity index (χ0) is 18.7. The molecule has 3 N–H and O–H groups in total. The summed E-state index contributed by atoms with van der Waals surface area (Å²) in [6, 6.07) is 13.4. The van der Waals surface area contributed by atoms with E-state index in [-0.39, 0.29) is 11.3 Å². The lowest BCUT2D eigenvalue weighted by Crippen LogP contribution is -2.15. The van der Waals surface area contributed by atoms with Crippen molar-refractivity contribution < 1.29 is 19.1 Å². The molecule has 7 nitrogen and oxygen atoms in total. The van der Waals surface area contributed by atoms with Crippen LogP contribution in [0.5, 0.6) is 5.75 Å². The van der Waals surface area contributed by atoms with Crippen LogP contribution in [0.1, 0.15) is 20.8 Å². The molecule has 2 aromatic carbocycles. The van der Waals surface area contributed by atoms with E-state index < -0.39 is 11.9 Å². The summed E-state index contributed by atoms with van der Waals surface area (Å²) in [5.41, 5.74) is 7.58. The number of nitrogens with two attached hydrogens (primary N) is 1. The van der Waals surface area contributed by atoms with E-state index in [0.717, 1.165) is 5.39 Å². The van der Waals surface area contributed by atoms with E-state index in [1.807, 2.05) is 12.1 Å². The first-order valence-corrected chi connectivity index (χ1v) is 7.76. The van der Waals surface area contributed by atoms with Gasteiger partial charge in [-0.1, -0.05) is 18.2 Å². The molecule has 0 spiro atoms. The minimum atomic E-state index is -0.519. The first-order valence-electron chi connectivity index (χ1n) is 7.76. The maximum absolute atomic E-state index is 12.6. The predicted octanol–water partition coefficient (Wildman–Crippen LogP) is 2.86. The number of carbonyl (C=O) groups excluding carboxylic acids is 2. The van der Waals surface area contributed by atoms with Gasteiger partial charge in [-0.05, 0) is 30.3 Å². The molecular formula is C19H17N3O4. The van der Waals surface area contributed by atoms with E-state index >= 15 is 0 Å². The van der Waals surface area contributed by atoms with Crippen LogP contribution in [0.4, 0.5) is 11.4 Å². The van der Waals surface area contributed by atoms with Crippen LogP contribution >= 0.6 is 0 Å². The van der Waals surface area contributed by atoms with Crippen LogP contribution in [-0.4, -0.2) is 31.1 Å². The zero-order valence-corrected chi connectivity index (χ0v) is 14.3. The third-order valence-electron chi connectivity index (χ3n) is 3.86. The first kappa shape index (κ1) is 17.2. The molecule has 1 aromatic heterocycles. The number of para-hydroxylation sites is 1. The predicted molar refractivity (Wildman–Crippen MR) is 98.4 cm³/mol. The van der Waals surface area contributed by atoms with Crippen molar-refractivity contribution in [1.82, 2.24) is 4.98 Å². The average Bonchev–Trinajstić information content (AvgIpc) is 2.68. The standard InChI is InChI=1S/C19H17N3O4/c1-25-16-5-3-4-11-7-9-14(21-17(11)16)18(23)22-15-10-12(19(24)26-2)6-8-13(15)20/h3-10H,20H2,1-2H3,(H,22,23). The van der Waals surface area contributed by atoms with Gasteiger partial charge in [-0.2, -0.15) is 0 Å². The van der Waals surface area contributed by atoms with Gasteiger partial charge in [0.25, 0.3) is 5.91 Å². The number of amides is 1. The number of esters is 1. The molecule has 0 aliphatic carbocycles. The zero-order valence-electron chi connectivity index (χ0n) is 14.3. The number of ether oxygens (including phenoxy) is 2. The highest BCUT2D eigenvalue weighted by Crippen LogP contribution is 2.25. The number of nitrogens with zero attached hydrogens (tertiary/aromatic N) is 1. The Bertz CT molecular complexity index is 1000. The molecule has 0 aliphatic heterocycles. The van der Waals surface area contributed by atoms with Crippen LogP contribution in [0.25, 0.3) is 10.9 Å². The van der Waals surface area contributed by atoms with Gasteiger partial charge < -0.3 is 20.5 Å². The fraction of sp³-hybridized carbons (Fsp3) is 0.105. The number of hydrogen-bond acceptors (Lipinski definition) is 6. The minimum Gasteiger partial charge on any atom is -0.494 e. The van der Waals surface area contributed by atoms with Crippen molar-refractivity contribution in [1.29, 1.82) is 0 Å². The van der Waals surface area contributed by atoms with E-state index in [4.69, 9.17) is 10.5 Å². The van der Waals surface area contributed by atoms with Gasteiger partial charge in [-0.25, -0.2) is 9.78 Å². The number of methoxy groups -OCH3 is 2. The summed E-state index contributed by atoms with van der Waals surface area (Å²) in [7, 11) is 2.82. The highest BCUT2D eigenvalue weighted by Gasteiger charge is 2.14. The molecule has 0 saturated carbocycles. The Kier molecular flexibility index (Phi) is 4.70. The van der Waals surface area contributed by atoms with Crippen LogP contribution in [-0.2, 0) is 4.74 Å². The second-order valence-electron chi connectivity index (χ2n) is 5.48. The van der Waals surface area contributed by atoms with Crippen molar-refractivity contribution in [3.63, 3.8) is 0 Å². The van der Waals surface area contributed by atoms with Crippen LogP contribution in [0.2, 0.25) is 0 Å². The molecule has 0 saturated heterocycles. The molecule has 3 aromatic rings. The largest absolute Gasteiger partial charge is 0.494 e. The molecule has 7 heteroatoms. The molecule has 3 rings (SSSR count). The highest BCUT2D eigenvalue weighted by molar-refractivity contribution is 6.06. The number of rotatable bonds is 4. The molecule has 26 heavy (non-hydrogen) atoms. The number of pyridine rings is 1. The maximum Gasteiger partial charge on any atom is 0.337 e. The van der Waals surface area contributed by atoms with E-state index in [1.54, 1.807) is 25.3 Å². The Balaban J connectivity index is 1.93. The molecule has 1 amide bonds. The van der Waals surface area contributed by atoms with Crippen LogP contribution < -0.4 is 15.8 Å². The maximum atomic E-state index is 12.6. The molecule has 0 atom stereocenters. The number of hydrogen-bond donors (Lipinski definition) is 2. The van der Waals surface area contributed by atoms with Gasteiger partial charge in [0.15, 0.2) is 0 Å². The van der Waals surface area contributed by atoms with Gasteiger partial charge in [0, 0.05) is 5.39 Å². The van der Waals surface area contributed by atoms with E-state index in [1.165, 1.54) is 25.3 Å². The quantitative estimate of drug-likeness (QED) is 0.553. The van der Waals surface area contributed by atoms with Crippen molar-refractivity contribution in [3.05, 3.63) is 59.8 Å². The second-order valence-corrected chi connectivity index (χ2v) is 5.48. The van der Waals surface area contributed by atoms with Gasteiger partial charge in [-0.3, -0.25) is 4.79 Å². The third-order valence-corrected chi connectivity index (χ3v) is 3.86. The molecule has 132 valence electrons. The van der Waals surface area contributed by atoms with E-state index in [2.05, 4.69) is 15.0 Å². The summed E-state index contributed by atoms with van der Waals surface area (Å²) in [5, 5.41) is 3.53. The van der Waals surface area contributed by atoms with Crippen molar-refractivity contribution >= 4 is 34.2 Å². The monoisotopic (exact) mass is 351 g/mol. The lowest BCUT2D eigenvalue weighted by atomic mass is 10.1. The van der Waals surface area contributed by atoms with Crippen molar-refractivity contribution in [2.75, 3.05) is 25.3 Å². The van der Waals surface area contributed by atoms with Crippen LogP contribution in [0.3, 0.4) is 0 Å². The SMILES string of the molecule is COC(=O)c1ccc(N)c(NC(=O)c2ccc3cccc(OC)c3n2)c1. The Morgan fingerprint density at radius 1 is 1.08 bits per heavy atom. The number of anilines is 2. The van der Waals surface area contributed by atoms with Gasteiger partial charge >= 0.3 is 5.97 Å².